The molecule has 1 aromatic carbocycles. The molecule has 1 N–H and O–H groups in total. The number of fused-ring (bicyclic) bond motifs is 1. The molecule has 0 aliphatic heterocycles. The molecule has 0 radical (unpaired) electrons. The lowest BCUT2D eigenvalue weighted by Gasteiger charge is -2.14. The van der Waals surface area contributed by atoms with Crippen molar-refractivity contribution in [2.45, 2.75) is 39.7 Å². The fourth-order valence-corrected chi connectivity index (χ4v) is 3.80. The molecule has 0 fully saturated rings. The number of nitrogens with one attached hydrogen (secondary N) is 1. The molecule has 5 nitrogen and oxygen atoms in total. The smallest absolute Gasteiger partial charge is 0.258 e. The number of ether oxygens (including phenoxy) is 1. The lowest BCUT2D eigenvalue weighted by atomic mass is 10.1. The van der Waals surface area contributed by atoms with Crippen LogP contribution in [0.3, 0.4) is 0 Å². The minimum absolute atomic E-state index is 0.0455. The van der Waals surface area contributed by atoms with Crippen LogP contribution in [0.5, 0.6) is 5.88 Å². The summed E-state index contributed by atoms with van der Waals surface area (Å²) in [6.45, 7) is 6.04. The number of amides is 1. The number of aryl methyl sites for hydroxylation is 3. The molecule has 1 amide bonds. The average Bonchev–Trinajstić information content (AvgIpc) is 2.94. The van der Waals surface area contributed by atoms with E-state index < -0.39 is 0 Å². The van der Waals surface area contributed by atoms with Crippen molar-refractivity contribution in [2.75, 3.05) is 6.61 Å². The monoisotopic (exact) mass is 369 g/mol. The second-order valence-corrected chi connectivity index (χ2v) is 7.63. The molecule has 136 valence electrons. The van der Waals surface area contributed by atoms with Crippen molar-refractivity contribution in [3.8, 4) is 5.88 Å². The summed E-state index contributed by atoms with van der Waals surface area (Å²) in [5.41, 5.74) is 2.38. The van der Waals surface area contributed by atoms with Crippen molar-refractivity contribution in [3.05, 3.63) is 52.7 Å². The first-order chi connectivity index (χ1) is 12.5. The van der Waals surface area contributed by atoms with E-state index in [1.54, 1.807) is 11.3 Å². The average molecular weight is 369 g/mol. The molecule has 0 spiro atoms. The lowest BCUT2D eigenvalue weighted by molar-refractivity contribution is -0.123. The third-order valence-electron chi connectivity index (χ3n) is 4.39. The normalized spacial score (nSPS) is 12.1. The highest BCUT2D eigenvalue weighted by Gasteiger charge is 2.15. The Labute approximate surface area is 157 Å². The predicted octanol–water partition coefficient (Wildman–Crippen LogP) is 3.82. The third-order valence-corrected chi connectivity index (χ3v) is 5.50. The number of carbonyl (C=O) groups excluding carboxylic acids is 1. The zero-order chi connectivity index (χ0) is 18.5. The van der Waals surface area contributed by atoms with Crippen molar-refractivity contribution in [2.24, 2.45) is 0 Å². The van der Waals surface area contributed by atoms with Crippen LogP contribution >= 0.6 is 11.3 Å². The molecule has 0 bridgehead atoms. The molecule has 2 aromatic heterocycles. The van der Waals surface area contributed by atoms with Crippen LogP contribution in [0.15, 0.2) is 36.7 Å². The van der Waals surface area contributed by atoms with Crippen molar-refractivity contribution in [1.82, 2.24) is 15.3 Å². The highest BCUT2D eigenvalue weighted by molar-refractivity contribution is 7.18. The van der Waals surface area contributed by atoms with E-state index in [0.29, 0.717) is 5.88 Å². The summed E-state index contributed by atoms with van der Waals surface area (Å²) in [7, 11) is 0. The van der Waals surface area contributed by atoms with E-state index in [2.05, 4.69) is 27.4 Å². The maximum Gasteiger partial charge on any atom is 0.258 e. The Morgan fingerprint density at radius 2 is 2.00 bits per heavy atom. The number of thiophene rings is 1. The van der Waals surface area contributed by atoms with Crippen LogP contribution in [0.4, 0.5) is 0 Å². The second kappa shape index (κ2) is 8.27. The van der Waals surface area contributed by atoms with Gasteiger partial charge in [0.25, 0.3) is 5.91 Å². The Morgan fingerprint density at radius 1 is 1.23 bits per heavy atom. The molecular weight excluding hydrogens is 346 g/mol. The molecular formula is C20H23N3O2S. The van der Waals surface area contributed by atoms with Crippen molar-refractivity contribution in [3.63, 3.8) is 0 Å². The van der Waals surface area contributed by atoms with E-state index in [1.165, 1.54) is 16.8 Å². The Balaban J connectivity index is 1.53. The van der Waals surface area contributed by atoms with Gasteiger partial charge in [-0.1, -0.05) is 30.3 Å². The van der Waals surface area contributed by atoms with Gasteiger partial charge in [0.15, 0.2) is 6.61 Å². The van der Waals surface area contributed by atoms with Gasteiger partial charge in [0, 0.05) is 10.9 Å². The summed E-state index contributed by atoms with van der Waals surface area (Å²) in [5.74, 6) is 0.339. The van der Waals surface area contributed by atoms with E-state index in [4.69, 9.17) is 4.74 Å². The van der Waals surface area contributed by atoms with Gasteiger partial charge in [0.1, 0.15) is 11.2 Å². The first-order valence-corrected chi connectivity index (χ1v) is 9.53. The van der Waals surface area contributed by atoms with Crippen LogP contribution in [-0.4, -0.2) is 28.5 Å². The van der Waals surface area contributed by atoms with Gasteiger partial charge in [0.05, 0.1) is 5.39 Å². The van der Waals surface area contributed by atoms with Gasteiger partial charge < -0.3 is 10.1 Å². The molecule has 6 heteroatoms. The Kier molecular flexibility index (Phi) is 5.83. The molecule has 0 saturated carbocycles. The number of aromatic nitrogens is 2. The van der Waals surface area contributed by atoms with E-state index in [1.807, 2.05) is 39.0 Å². The maximum absolute atomic E-state index is 12.2. The summed E-state index contributed by atoms with van der Waals surface area (Å²) in [6, 6.07) is 10.4. The van der Waals surface area contributed by atoms with Crippen LogP contribution in [0.25, 0.3) is 10.2 Å². The summed E-state index contributed by atoms with van der Waals surface area (Å²) in [6.07, 6.45) is 3.30. The molecule has 1 atom stereocenters. The largest absolute Gasteiger partial charge is 0.467 e. The molecule has 2 heterocycles. The zero-order valence-electron chi connectivity index (χ0n) is 15.3. The molecule has 0 saturated heterocycles. The first-order valence-electron chi connectivity index (χ1n) is 8.71. The Hall–Kier alpha value is -2.47. The van der Waals surface area contributed by atoms with Crippen molar-refractivity contribution < 1.29 is 9.53 Å². The van der Waals surface area contributed by atoms with Gasteiger partial charge in [-0.05, 0) is 44.7 Å². The van der Waals surface area contributed by atoms with E-state index >= 15 is 0 Å². The minimum Gasteiger partial charge on any atom is -0.467 e. The molecule has 3 rings (SSSR count). The molecule has 0 aliphatic rings. The third kappa shape index (κ3) is 4.38. The highest BCUT2D eigenvalue weighted by Crippen LogP contribution is 2.33. The number of nitrogens with zero attached hydrogens (tertiary/aromatic N) is 2. The number of hydrogen-bond donors (Lipinski definition) is 1. The van der Waals surface area contributed by atoms with E-state index in [-0.39, 0.29) is 18.6 Å². The zero-order valence-corrected chi connectivity index (χ0v) is 16.1. The summed E-state index contributed by atoms with van der Waals surface area (Å²) in [5, 5.41) is 3.89. The van der Waals surface area contributed by atoms with Crippen LogP contribution in [0.2, 0.25) is 0 Å². The van der Waals surface area contributed by atoms with Gasteiger partial charge in [-0.25, -0.2) is 9.97 Å². The van der Waals surface area contributed by atoms with Crippen LogP contribution in [-0.2, 0) is 11.2 Å². The molecule has 0 unspecified atom stereocenters. The molecule has 0 aliphatic carbocycles. The number of carbonyl (C=O) groups is 1. The first kappa shape index (κ1) is 18.3. The standard InChI is InChI=1S/C20H23N3O2S/c1-13(9-10-16-7-5-4-6-8-16)23-17(24)11-25-19-18-14(2)15(3)26-20(18)22-12-21-19/h4-8,12-13H,9-11H2,1-3H3,(H,23,24)/t13-/m0/s1. The fraction of sp³-hybridized carbons (Fsp3) is 0.350. The van der Waals surface area contributed by atoms with Gasteiger partial charge in [-0.2, -0.15) is 0 Å². The van der Waals surface area contributed by atoms with E-state index in [0.717, 1.165) is 28.6 Å². The number of rotatable bonds is 7. The summed E-state index contributed by atoms with van der Waals surface area (Å²) in [4.78, 5) is 22.7. The number of benzene rings is 1. The van der Waals surface area contributed by atoms with Crippen molar-refractivity contribution in [1.29, 1.82) is 0 Å². The lowest BCUT2D eigenvalue weighted by Crippen LogP contribution is -2.36. The highest BCUT2D eigenvalue weighted by atomic mass is 32.1. The van der Waals surface area contributed by atoms with Crippen LogP contribution in [0, 0.1) is 13.8 Å². The quantitative estimate of drug-likeness (QED) is 0.687. The fourth-order valence-electron chi connectivity index (χ4n) is 2.81. The topological polar surface area (TPSA) is 64.1 Å². The Bertz CT molecular complexity index is 893. The van der Waals surface area contributed by atoms with Gasteiger partial charge >= 0.3 is 0 Å². The van der Waals surface area contributed by atoms with Gasteiger partial charge in [-0.3, -0.25) is 4.79 Å². The van der Waals surface area contributed by atoms with E-state index in [9.17, 15) is 4.79 Å². The predicted molar refractivity (Wildman–Crippen MR) is 105 cm³/mol. The Morgan fingerprint density at radius 3 is 2.77 bits per heavy atom. The minimum atomic E-state index is -0.137. The maximum atomic E-state index is 12.2. The SMILES string of the molecule is Cc1sc2ncnc(OCC(=O)N[C@@H](C)CCc3ccccc3)c2c1C. The molecule has 3 aromatic rings. The van der Waals surface area contributed by atoms with Crippen molar-refractivity contribution >= 4 is 27.5 Å². The van der Waals surface area contributed by atoms with Crippen LogP contribution < -0.4 is 10.1 Å². The molecule has 26 heavy (non-hydrogen) atoms. The number of hydrogen-bond acceptors (Lipinski definition) is 5. The summed E-state index contributed by atoms with van der Waals surface area (Å²) >= 11 is 1.61. The van der Waals surface area contributed by atoms with Crippen LogP contribution in [0.1, 0.15) is 29.3 Å². The van der Waals surface area contributed by atoms with Gasteiger partial charge in [0.2, 0.25) is 5.88 Å². The summed E-state index contributed by atoms with van der Waals surface area (Å²) < 4.78 is 5.68. The van der Waals surface area contributed by atoms with Gasteiger partial charge in [-0.15, -0.1) is 11.3 Å². The second-order valence-electron chi connectivity index (χ2n) is 6.42.